The Morgan fingerprint density at radius 2 is 1.86 bits per heavy atom. The van der Waals surface area contributed by atoms with E-state index in [9.17, 15) is 0 Å². The molecular weight excluding hydrogens is 376 g/mol. The molecule has 4 nitrogen and oxygen atoms in total. The average Bonchev–Trinajstić information content (AvgIpc) is 2.72. The summed E-state index contributed by atoms with van der Waals surface area (Å²) in [7, 11) is 0. The van der Waals surface area contributed by atoms with Crippen LogP contribution in [0.1, 0.15) is 45.6 Å². The highest BCUT2D eigenvalue weighted by molar-refractivity contribution is 7.99. The van der Waals surface area contributed by atoms with Crippen LogP contribution in [0, 0.1) is 29.6 Å². The van der Waals surface area contributed by atoms with Gasteiger partial charge in [0, 0.05) is 36.9 Å². The molecule has 1 N–H and O–H groups in total. The summed E-state index contributed by atoms with van der Waals surface area (Å²) in [5.74, 6) is 5.28. The lowest BCUT2D eigenvalue weighted by atomic mass is 9.59. The standard InChI is InChI=1S/C24H32N4S/c1-4-5-18-19-13-28(14-20(18)16(3)10-15(19)2)12-17-6-7-22-21(11-17)27-23-24(29-22)26-9-8-25-23/h6-9,11,15-16,18-20H,4-5,10,12-14H2,1-3H3,(H,25,27). The van der Waals surface area contributed by atoms with Gasteiger partial charge in [-0.25, -0.2) is 9.97 Å². The number of anilines is 2. The van der Waals surface area contributed by atoms with E-state index < -0.39 is 0 Å². The number of nitrogens with zero attached hydrogens (tertiary/aromatic N) is 3. The SMILES string of the molecule is CCCC1C2CN(Cc3ccc4c(c3)Nc3nccnc3S4)CC1C(C)CC2C. The predicted molar refractivity (Wildman–Crippen MR) is 119 cm³/mol. The van der Waals surface area contributed by atoms with E-state index in [1.807, 2.05) is 0 Å². The number of hydrogen-bond donors (Lipinski definition) is 1. The van der Waals surface area contributed by atoms with Gasteiger partial charge in [-0.3, -0.25) is 4.90 Å². The number of nitrogens with one attached hydrogen (secondary N) is 1. The van der Waals surface area contributed by atoms with Crippen LogP contribution in [-0.4, -0.2) is 28.0 Å². The molecule has 4 atom stereocenters. The van der Waals surface area contributed by atoms with E-state index in [4.69, 9.17) is 0 Å². The fraction of sp³-hybridized carbons (Fsp3) is 0.583. The second-order valence-corrected chi connectivity index (χ2v) is 10.5. The van der Waals surface area contributed by atoms with Crippen molar-refractivity contribution in [1.82, 2.24) is 14.9 Å². The lowest BCUT2D eigenvalue weighted by molar-refractivity contribution is -0.0450. The van der Waals surface area contributed by atoms with Gasteiger partial charge >= 0.3 is 0 Å². The Kier molecular flexibility index (Phi) is 5.29. The highest BCUT2D eigenvalue weighted by Gasteiger charge is 2.45. The Hall–Kier alpha value is -1.59. The van der Waals surface area contributed by atoms with Gasteiger partial charge in [-0.05, 0) is 53.7 Å². The van der Waals surface area contributed by atoms with Crippen molar-refractivity contribution in [3.63, 3.8) is 0 Å². The molecule has 5 rings (SSSR count). The zero-order chi connectivity index (χ0) is 20.0. The van der Waals surface area contributed by atoms with E-state index in [0.717, 1.165) is 47.0 Å². The van der Waals surface area contributed by atoms with Gasteiger partial charge in [0.05, 0.1) is 5.69 Å². The van der Waals surface area contributed by atoms with Crippen molar-refractivity contribution in [3.8, 4) is 0 Å². The summed E-state index contributed by atoms with van der Waals surface area (Å²) in [6.45, 7) is 11.0. The fourth-order valence-corrected chi connectivity index (χ4v) is 7.01. The minimum atomic E-state index is 0.859. The molecule has 2 aliphatic heterocycles. The first-order valence-corrected chi connectivity index (χ1v) is 12.0. The molecule has 2 aromatic rings. The Balaban J connectivity index is 1.33. The van der Waals surface area contributed by atoms with Crippen LogP contribution in [0.25, 0.3) is 0 Å². The van der Waals surface area contributed by atoms with E-state index in [1.165, 1.54) is 48.5 Å². The maximum absolute atomic E-state index is 4.44. The van der Waals surface area contributed by atoms with Crippen LogP contribution < -0.4 is 5.32 Å². The maximum Gasteiger partial charge on any atom is 0.163 e. The third kappa shape index (κ3) is 3.68. The van der Waals surface area contributed by atoms with Gasteiger partial charge in [0.1, 0.15) is 5.03 Å². The molecule has 2 bridgehead atoms. The molecular formula is C24H32N4S. The average molecular weight is 409 g/mol. The van der Waals surface area contributed by atoms with Gasteiger partial charge in [0.25, 0.3) is 0 Å². The molecule has 1 aromatic heterocycles. The van der Waals surface area contributed by atoms with Crippen molar-refractivity contribution in [3.05, 3.63) is 36.2 Å². The molecule has 4 unspecified atom stereocenters. The smallest absolute Gasteiger partial charge is 0.163 e. The van der Waals surface area contributed by atoms with Gasteiger partial charge in [-0.15, -0.1) is 0 Å². The lowest BCUT2D eigenvalue weighted by Gasteiger charge is -2.53. The Morgan fingerprint density at radius 3 is 2.62 bits per heavy atom. The number of benzene rings is 1. The highest BCUT2D eigenvalue weighted by atomic mass is 32.2. The summed E-state index contributed by atoms with van der Waals surface area (Å²) >= 11 is 1.71. The van der Waals surface area contributed by atoms with E-state index in [1.54, 1.807) is 24.2 Å². The minimum Gasteiger partial charge on any atom is -0.337 e. The molecule has 1 saturated heterocycles. The van der Waals surface area contributed by atoms with Gasteiger partial charge in [0.15, 0.2) is 5.82 Å². The van der Waals surface area contributed by atoms with E-state index in [2.05, 4.69) is 59.2 Å². The van der Waals surface area contributed by atoms with Crippen LogP contribution in [0.3, 0.4) is 0 Å². The van der Waals surface area contributed by atoms with Crippen molar-refractivity contribution in [2.75, 3.05) is 18.4 Å². The summed E-state index contributed by atoms with van der Waals surface area (Å²) in [4.78, 5) is 12.8. The summed E-state index contributed by atoms with van der Waals surface area (Å²) in [5, 5.41) is 4.44. The summed E-state index contributed by atoms with van der Waals surface area (Å²) < 4.78 is 0. The van der Waals surface area contributed by atoms with E-state index >= 15 is 0 Å². The first-order chi connectivity index (χ1) is 14.1. The topological polar surface area (TPSA) is 41.0 Å². The molecule has 1 saturated carbocycles. The molecule has 3 aliphatic rings. The molecule has 2 fully saturated rings. The quantitative estimate of drug-likeness (QED) is 0.588. The van der Waals surface area contributed by atoms with Crippen molar-refractivity contribution in [1.29, 1.82) is 0 Å². The number of fused-ring (bicyclic) bond motifs is 4. The normalized spacial score (nSPS) is 30.9. The van der Waals surface area contributed by atoms with Crippen LogP contribution in [0.2, 0.25) is 0 Å². The molecule has 1 aromatic carbocycles. The molecule has 0 spiro atoms. The summed E-state index contributed by atoms with van der Waals surface area (Å²) in [6.07, 6.45) is 7.68. The van der Waals surface area contributed by atoms with Gasteiger partial charge in [-0.2, -0.15) is 0 Å². The van der Waals surface area contributed by atoms with Crippen molar-refractivity contribution in [2.24, 2.45) is 29.6 Å². The maximum atomic E-state index is 4.44. The highest BCUT2D eigenvalue weighted by Crippen LogP contribution is 2.48. The minimum absolute atomic E-state index is 0.859. The van der Waals surface area contributed by atoms with Crippen LogP contribution in [0.4, 0.5) is 11.5 Å². The molecule has 3 heterocycles. The lowest BCUT2D eigenvalue weighted by Crippen LogP contribution is -2.53. The van der Waals surface area contributed by atoms with Crippen LogP contribution >= 0.6 is 11.8 Å². The summed E-state index contributed by atoms with van der Waals surface area (Å²) in [5.41, 5.74) is 2.57. The van der Waals surface area contributed by atoms with Crippen molar-refractivity contribution < 1.29 is 0 Å². The van der Waals surface area contributed by atoms with Crippen molar-refractivity contribution in [2.45, 2.75) is 56.5 Å². The summed E-state index contributed by atoms with van der Waals surface area (Å²) in [6, 6.07) is 6.87. The Morgan fingerprint density at radius 1 is 1.10 bits per heavy atom. The Bertz CT molecular complexity index is 867. The zero-order valence-electron chi connectivity index (χ0n) is 17.8. The van der Waals surface area contributed by atoms with Crippen LogP contribution in [-0.2, 0) is 6.54 Å². The molecule has 154 valence electrons. The molecule has 5 heteroatoms. The fourth-order valence-electron chi connectivity index (χ4n) is 6.13. The third-order valence-electron chi connectivity index (χ3n) is 7.44. The van der Waals surface area contributed by atoms with E-state index in [-0.39, 0.29) is 0 Å². The first-order valence-electron chi connectivity index (χ1n) is 11.2. The van der Waals surface area contributed by atoms with Crippen molar-refractivity contribution >= 4 is 23.3 Å². The largest absolute Gasteiger partial charge is 0.337 e. The first kappa shape index (κ1) is 19.4. The van der Waals surface area contributed by atoms with Crippen LogP contribution in [0.15, 0.2) is 40.5 Å². The molecule has 0 radical (unpaired) electrons. The molecule has 0 amide bonds. The number of piperidine rings is 1. The van der Waals surface area contributed by atoms with Gasteiger partial charge in [0.2, 0.25) is 0 Å². The molecule has 29 heavy (non-hydrogen) atoms. The Labute approximate surface area is 178 Å². The second-order valence-electron chi connectivity index (χ2n) is 9.43. The van der Waals surface area contributed by atoms with Gasteiger partial charge in [-0.1, -0.05) is 51.4 Å². The monoisotopic (exact) mass is 408 g/mol. The number of likely N-dealkylation sites (tertiary alicyclic amines) is 1. The van der Waals surface area contributed by atoms with Gasteiger partial charge < -0.3 is 5.32 Å². The number of aromatic nitrogens is 2. The molecule has 1 aliphatic carbocycles. The third-order valence-corrected chi connectivity index (χ3v) is 8.51. The predicted octanol–water partition coefficient (Wildman–Crippen LogP) is 5.83. The number of rotatable bonds is 4. The second kappa shape index (κ2) is 7.92. The van der Waals surface area contributed by atoms with E-state index in [0.29, 0.717) is 0 Å². The zero-order valence-corrected chi connectivity index (χ0v) is 18.6. The number of hydrogen-bond acceptors (Lipinski definition) is 5. The van der Waals surface area contributed by atoms with Crippen LogP contribution in [0.5, 0.6) is 0 Å².